The second kappa shape index (κ2) is 4.82. The van der Waals surface area contributed by atoms with Crippen LogP contribution in [0.2, 0.25) is 5.02 Å². The molecule has 0 aromatic heterocycles. The summed E-state index contributed by atoms with van der Waals surface area (Å²) < 4.78 is 23.7. The normalized spacial score (nSPS) is 13.4. The molecule has 0 aliphatic heterocycles. The van der Waals surface area contributed by atoms with E-state index in [2.05, 4.69) is 0 Å². The number of carboxylic acid groups (broad SMARTS) is 1. The molecule has 0 amide bonds. The second-order valence-corrected chi connectivity index (χ2v) is 5.63. The minimum atomic E-state index is -3.98. The van der Waals surface area contributed by atoms with E-state index in [-0.39, 0.29) is 9.92 Å². The first-order chi connectivity index (χ1) is 7.39. The second-order valence-electron chi connectivity index (χ2n) is 3.06. The third-order valence-electron chi connectivity index (χ3n) is 1.99. The van der Waals surface area contributed by atoms with Crippen molar-refractivity contribution in [3.8, 4) is 0 Å². The van der Waals surface area contributed by atoms with Crippen molar-refractivity contribution in [1.82, 2.24) is 0 Å². The van der Waals surface area contributed by atoms with E-state index in [0.717, 1.165) is 0 Å². The molecule has 1 aromatic carbocycles. The average Bonchev–Trinajstić information content (AvgIpc) is 2.17. The van der Waals surface area contributed by atoms with Gasteiger partial charge < -0.3 is 10.8 Å². The van der Waals surface area contributed by atoms with Crippen molar-refractivity contribution in [3.63, 3.8) is 0 Å². The van der Waals surface area contributed by atoms with Gasteiger partial charge in [0.15, 0.2) is 15.1 Å². The Morgan fingerprint density at radius 2 is 2.12 bits per heavy atom. The molecule has 16 heavy (non-hydrogen) atoms. The highest BCUT2D eigenvalue weighted by Crippen LogP contribution is 2.19. The summed E-state index contributed by atoms with van der Waals surface area (Å²) in [4.78, 5) is 10.6. The van der Waals surface area contributed by atoms with Gasteiger partial charge in [-0.15, -0.1) is 0 Å². The summed E-state index contributed by atoms with van der Waals surface area (Å²) >= 11 is 5.64. The van der Waals surface area contributed by atoms with Gasteiger partial charge in [0, 0.05) is 11.6 Å². The number of aliphatic carboxylic acids is 1. The van der Waals surface area contributed by atoms with E-state index in [1.165, 1.54) is 24.3 Å². The van der Waals surface area contributed by atoms with E-state index in [9.17, 15) is 13.2 Å². The number of sulfone groups is 1. The minimum Gasteiger partial charge on any atom is -0.480 e. The summed E-state index contributed by atoms with van der Waals surface area (Å²) in [7, 11) is -3.98. The Bertz CT molecular complexity index is 500. The van der Waals surface area contributed by atoms with Gasteiger partial charge in [-0.1, -0.05) is 17.7 Å². The topological polar surface area (TPSA) is 97.5 Å². The lowest BCUT2D eigenvalue weighted by Crippen LogP contribution is -2.37. The van der Waals surface area contributed by atoms with Crippen molar-refractivity contribution in [3.05, 3.63) is 29.3 Å². The molecule has 0 saturated carbocycles. The summed E-state index contributed by atoms with van der Waals surface area (Å²) in [6.45, 7) is -0.482. The molecule has 0 bridgehead atoms. The van der Waals surface area contributed by atoms with Crippen LogP contribution < -0.4 is 5.73 Å². The number of carboxylic acids is 1. The maximum Gasteiger partial charge on any atom is 0.323 e. The Balaban J connectivity index is 3.25. The first-order valence-corrected chi connectivity index (χ1v) is 6.24. The number of halogens is 1. The molecule has 1 rings (SSSR count). The number of hydrogen-bond donors (Lipinski definition) is 2. The number of hydrogen-bond acceptors (Lipinski definition) is 4. The van der Waals surface area contributed by atoms with Gasteiger partial charge in [0.2, 0.25) is 0 Å². The van der Waals surface area contributed by atoms with Crippen LogP contribution in [0.25, 0.3) is 0 Å². The standard InChI is InChI=1S/C9H10ClNO4S/c10-6-2-1-3-7(4-6)16(14,15)8(5-11)9(12)13/h1-4,8H,5,11H2,(H,12,13). The lowest BCUT2D eigenvalue weighted by atomic mass is 10.4. The zero-order valence-electron chi connectivity index (χ0n) is 8.13. The fraction of sp³-hybridized carbons (Fsp3) is 0.222. The van der Waals surface area contributed by atoms with Crippen LogP contribution in [-0.4, -0.2) is 31.3 Å². The molecule has 0 radical (unpaired) electrons. The Morgan fingerprint density at radius 3 is 2.56 bits per heavy atom. The molecule has 88 valence electrons. The van der Waals surface area contributed by atoms with Crippen LogP contribution >= 0.6 is 11.6 Å². The summed E-state index contributed by atoms with van der Waals surface area (Å²) in [6.07, 6.45) is 0. The van der Waals surface area contributed by atoms with Crippen molar-refractivity contribution in [2.45, 2.75) is 10.1 Å². The zero-order valence-corrected chi connectivity index (χ0v) is 9.70. The van der Waals surface area contributed by atoms with Gasteiger partial charge in [0.1, 0.15) is 0 Å². The molecular weight excluding hydrogens is 254 g/mol. The summed E-state index contributed by atoms with van der Waals surface area (Å²) in [5, 5.41) is 7.32. The molecule has 7 heteroatoms. The van der Waals surface area contributed by atoms with Gasteiger partial charge in [-0.05, 0) is 18.2 Å². The number of nitrogens with two attached hydrogens (primary N) is 1. The van der Waals surface area contributed by atoms with E-state index >= 15 is 0 Å². The molecule has 0 fully saturated rings. The molecule has 3 N–H and O–H groups in total. The van der Waals surface area contributed by atoms with Crippen LogP contribution in [0.3, 0.4) is 0 Å². The van der Waals surface area contributed by atoms with Crippen LogP contribution in [0.4, 0.5) is 0 Å². The maximum atomic E-state index is 11.8. The lowest BCUT2D eigenvalue weighted by Gasteiger charge is -2.11. The first-order valence-electron chi connectivity index (χ1n) is 4.32. The highest BCUT2D eigenvalue weighted by Gasteiger charge is 2.32. The van der Waals surface area contributed by atoms with Gasteiger partial charge in [-0.2, -0.15) is 0 Å². The number of carbonyl (C=O) groups is 1. The molecule has 1 unspecified atom stereocenters. The molecule has 1 atom stereocenters. The van der Waals surface area contributed by atoms with Crippen LogP contribution in [0.5, 0.6) is 0 Å². The van der Waals surface area contributed by atoms with Crippen LogP contribution in [0, 0.1) is 0 Å². The molecule has 0 aliphatic rings. The van der Waals surface area contributed by atoms with Crippen LogP contribution in [0.15, 0.2) is 29.2 Å². The fourth-order valence-corrected chi connectivity index (χ4v) is 2.83. The van der Waals surface area contributed by atoms with Crippen molar-refractivity contribution in [1.29, 1.82) is 0 Å². The van der Waals surface area contributed by atoms with E-state index in [1.807, 2.05) is 0 Å². The molecular formula is C9H10ClNO4S. The van der Waals surface area contributed by atoms with Crippen LogP contribution in [-0.2, 0) is 14.6 Å². The van der Waals surface area contributed by atoms with Gasteiger partial charge >= 0.3 is 5.97 Å². The summed E-state index contributed by atoms with van der Waals surface area (Å²) in [5.41, 5.74) is 5.14. The highest BCUT2D eigenvalue weighted by molar-refractivity contribution is 7.92. The van der Waals surface area contributed by atoms with Gasteiger partial charge in [-0.3, -0.25) is 4.79 Å². The molecule has 0 saturated heterocycles. The Labute approximate surface area is 97.8 Å². The number of benzene rings is 1. The largest absolute Gasteiger partial charge is 0.480 e. The Hall–Kier alpha value is -1.11. The van der Waals surface area contributed by atoms with Crippen LogP contribution in [0.1, 0.15) is 0 Å². The summed E-state index contributed by atoms with van der Waals surface area (Å²) in [6, 6.07) is 5.42. The Kier molecular flexibility index (Phi) is 3.90. The molecule has 0 spiro atoms. The van der Waals surface area contributed by atoms with Crippen molar-refractivity contribution in [2.24, 2.45) is 5.73 Å². The molecule has 0 aliphatic carbocycles. The summed E-state index contributed by atoms with van der Waals surface area (Å²) in [5.74, 6) is -1.47. The van der Waals surface area contributed by atoms with E-state index in [4.69, 9.17) is 22.4 Å². The first kappa shape index (κ1) is 13.0. The highest BCUT2D eigenvalue weighted by atomic mass is 35.5. The SMILES string of the molecule is NCC(C(=O)O)S(=O)(=O)c1cccc(Cl)c1. The predicted octanol–water partition coefficient (Wildman–Crippen LogP) is 0.526. The van der Waals surface area contributed by atoms with Crippen molar-refractivity contribution < 1.29 is 18.3 Å². The third kappa shape index (κ3) is 2.52. The van der Waals surface area contributed by atoms with Gasteiger partial charge in [0.05, 0.1) is 4.90 Å². The minimum absolute atomic E-state index is 0.141. The van der Waals surface area contributed by atoms with E-state index in [1.54, 1.807) is 0 Å². The van der Waals surface area contributed by atoms with E-state index in [0.29, 0.717) is 0 Å². The fourth-order valence-electron chi connectivity index (χ4n) is 1.17. The smallest absolute Gasteiger partial charge is 0.323 e. The van der Waals surface area contributed by atoms with Crippen molar-refractivity contribution >= 4 is 27.4 Å². The maximum absolute atomic E-state index is 11.8. The Morgan fingerprint density at radius 1 is 1.50 bits per heavy atom. The van der Waals surface area contributed by atoms with Crippen molar-refractivity contribution in [2.75, 3.05) is 6.54 Å². The monoisotopic (exact) mass is 263 g/mol. The molecule has 5 nitrogen and oxygen atoms in total. The average molecular weight is 264 g/mol. The van der Waals surface area contributed by atoms with Gasteiger partial charge in [-0.25, -0.2) is 8.42 Å². The predicted molar refractivity (Wildman–Crippen MR) is 59.1 cm³/mol. The quantitative estimate of drug-likeness (QED) is 0.826. The zero-order chi connectivity index (χ0) is 12.3. The lowest BCUT2D eigenvalue weighted by molar-refractivity contribution is -0.136. The number of rotatable bonds is 4. The van der Waals surface area contributed by atoms with E-state index < -0.39 is 27.6 Å². The van der Waals surface area contributed by atoms with Gasteiger partial charge in [0.25, 0.3) is 0 Å². The molecule has 1 aromatic rings. The third-order valence-corrected chi connectivity index (χ3v) is 4.28. The molecule has 0 heterocycles.